The predicted octanol–water partition coefficient (Wildman–Crippen LogP) is 2.99. The zero-order valence-electron chi connectivity index (χ0n) is 17.6. The van der Waals surface area contributed by atoms with Crippen LogP contribution in [0.2, 0.25) is 0 Å². The Morgan fingerprint density at radius 1 is 1.34 bits per heavy atom. The van der Waals surface area contributed by atoms with Crippen molar-refractivity contribution in [3.8, 4) is 17.1 Å². The molecule has 11 heteroatoms. The molecule has 4 rings (SSSR count). The highest BCUT2D eigenvalue weighted by atomic mass is 32.2. The highest BCUT2D eigenvalue weighted by Crippen LogP contribution is 2.44. The molecule has 0 radical (unpaired) electrons. The van der Waals surface area contributed by atoms with Gasteiger partial charge < -0.3 is 19.6 Å². The Labute approximate surface area is 183 Å². The number of β-amino-alcohol motifs (C(OH)–C–C–N with tert-alkyl or cyclic N) is 1. The number of hydrogen-bond donors (Lipinski definition) is 2. The summed E-state index contributed by atoms with van der Waals surface area (Å²) in [4.78, 5) is 16.5. The summed E-state index contributed by atoms with van der Waals surface area (Å²) >= 11 is 0. The molecular weight excluding hydrogens is 441 g/mol. The monoisotopic (exact) mass is 463 g/mol. The molecule has 2 aromatic heterocycles. The second kappa shape index (κ2) is 8.06. The number of nitrogens with zero attached hydrogens (tertiary/aromatic N) is 2. The van der Waals surface area contributed by atoms with Gasteiger partial charge in [0.25, 0.3) is 0 Å². The summed E-state index contributed by atoms with van der Waals surface area (Å²) in [6.45, 7) is 1.71. The smallest absolute Gasteiger partial charge is 0.412 e. The summed E-state index contributed by atoms with van der Waals surface area (Å²) in [5, 5.41) is 13.0. The van der Waals surface area contributed by atoms with Crippen LogP contribution in [0, 0.1) is 5.82 Å². The summed E-state index contributed by atoms with van der Waals surface area (Å²) in [7, 11) is -2.34. The summed E-state index contributed by atoms with van der Waals surface area (Å²) in [5.41, 5.74) is 1.05. The van der Waals surface area contributed by atoms with Crippen molar-refractivity contribution in [2.24, 2.45) is 0 Å². The van der Waals surface area contributed by atoms with Crippen LogP contribution < -0.4 is 14.4 Å². The van der Waals surface area contributed by atoms with Crippen LogP contribution in [0.3, 0.4) is 0 Å². The first-order valence-electron chi connectivity index (χ1n) is 9.87. The topological polar surface area (TPSA) is 122 Å². The number of aromatic nitrogens is 1. The fourth-order valence-corrected chi connectivity index (χ4v) is 4.69. The Balaban J connectivity index is 1.99. The third-order valence-corrected chi connectivity index (χ3v) is 6.44. The van der Waals surface area contributed by atoms with Gasteiger partial charge in [-0.2, -0.15) is 4.98 Å². The van der Waals surface area contributed by atoms with Gasteiger partial charge in [-0.1, -0.05) is 6.92 Å². The predicted molar refractivity (Wildman–Crippen MR) is 116 cm³/mol. The molecule has 0 saturated carbocycles. The Hall–Kier alpha value is -3.18. The molecule has 1 aromatic carbocycles. The van der Waals surface area contributed by atoms with Crippen LogP contribution in [0.4, 0.5) is 15.0 Å². The van der Waals surface area contributed by atoms with Crippen molar-refractivity contribution in [3.05, 3.63) is 41.7 Å². The molecule has 9 nitrogen and oxygen atoms in total. The Morgan fingerprint density at radius 3 is 2.66 bits per heavy atom. The van der Waals surface area contributed by atoms with Crippen LogP contribution in [0.5, 0.6) is 5.75 Å². The molecule has 3 aromatic rings. The van der Waals surface area contributed by atoms with Gasteiger partial charge >= 0.3 is 6.09 Å². The van der Waals surface area contributed by atoms with Crippen molar-refractivity contribution in [2.75, 3.05) is 24.2 Å². The number of halogens is 1. The maximum atomic E-state index is 13.4. The highest BCUT2D eigenvalue weighted by Gasteiger charge is 2.33. The molecule has 0 spiro atoms. The molecular formula is C21H22FN3O6S. The van der Waals surface area contributed by atoms with Gasteiger partial charge in [-0.25, -0.2) is 17.6 Å². The SMILES string of the molecule is CNC(=O)Oc1c(-c2ccc(F)cc2)oc2nc3c(cc12)[C@H](C)C[C@H](O)CN3S(C)(=O)=O. The van der Waals surface area contributed by atoms with Crippen LogP contribution >= 0.6 is 0 Å². The first-order chi connectivity index (χ1) is 15.1. The van der Waals surface area contributed by atoms with Gasteiger partial charge in [0.1, 0.15) is 11.6 Å². The van der Waals surface area contributed by atoms with Gasteiger partial charge in [0.2, 0.25) is 15.7 Å². The molecule has 1 amide bonds. The number of carbonyl (C=O) groups excluding carboxylic acids is 1. The Kier molecular flexibility index (Phi) is 5.55. The quantitative estimate of drug-likeness (QED) is 0.612. The second-order valence-electron chi connectivity index (χ2n) is 7.75. The van der Waals surface area contributed by atoms with Crippen LogP contribution in [-0.4, -0.2) is 50.6 Å². The standard InChI is InChI=1S/C21H22FN3O6S/c1-11-8-14(26)10-25(32(3,28)29)19-15(11)9-16-18(31-21(27)23-2)17(30-20(16)24-19)12-4-6-13(22)7-5-12/h4-7,9,11,14,26H,8,10H2,1-3H3,(H,23,27)/t11-,14+/m1/s1. The van der Waals surface area contributed by atoms with Crippen molar-refractivity contribution < 1.29 is 31.9 Å². The van der Waals surface area contributed by atoms with Crippen LogP contribution in [0.15, 0.2) is 34.7 Å². The number of aliphatic hydroxyl groups excluding tert-OH is 1. The summed E-state index contributed by atoms with van der Waals surface area (Å²) < 4.78 is 50.7. The van der Waals surface area contributed by atoms with E-state index in [1.54, 1.807) is 6.07 Å². The van der Waals surface area contributed by atoms with E-state index in [1.165, 1.54) is 31.3 Å². The minimum absolute atomic E-state index is 0.0409. The van der Waals surface area contributed by atoms with Gasteiger partial charge in [0.05, 0.1) is 24.3 Å². The van der Waals surface area contributed by atoms with E-state index in [2.05, 4.69) is 10.3 Å². The number of pyridine rings is 1. The zero-order valence-corrected chi connectivity index (χ0v) is 18.4. The molecule has 170 valence electrons. The van der Waals surface area contributed by atoms with E-state index < -0.39 is 28.0 Å². The van der Waals surface area contributed by atoms with Crippen molar-refractivity contribution in [2.45, 2.75) is 25.4 Å². The van der Waals surface area contributed by atoms with E-state index in [0.29, 0.717) is 22.9 Å². The van der Waals surface area contributed by atoms with Crippen molar-refractivity contribution >= 4 is 33.0 Å². The largest absolute Gasteiger partial charge is 0.434 e. The van der Waals surface area contributed by atoms with Crippen LogP contribution in [0.1, 0.15) is 24.8 Å². The number of ether oxygens (including phenoxy) is 1. The average Bonchev–Trinajstić information content (AvgIpc) is 3.01. The third kappa shape index (κ3) is 4.00. The number of nitrogens with one attached hydrogen (secondary N) is 1. The van der Waals surface area contributed by atoms with E-state index in [-0.39, 0.29) is 35.5 Å². The molecule has 1 aliphatic rings. The summed E-state index contributed by atoms with van der Waals surface area (Å²) in [6, 6.07) is 7.08. The molecule has 0 fully saturated rings. The molecule has 2 atom stereocenters. The van der Waals surface area contributed by atoms with Crippen molar-refractivity contribution in [1.29, 1.82) is 0 Å². The normalized spacial score (nSPS) is 18.8. The number of furan rings is 1. The zero-order chi connectivity index (χ0) is 23.2. The fourth-order valence-electron chi connectivity index (χ4n) is 3.79. The molecule has 0 saturated heterocycles. The average molecular weight is 463 g/mol. The lowest BCUT2D eigenvalue weighted by Crippen LogP contribution is -2.36. The number of rotatable bonds is 3. The first-order valence-corrected chi connectivity index (χ1v) is 11.7. The molecule has 3 heterocycles. The molecule has 2 N–H and O–H groups in total. The van der Waals surface area contributed by atoms with E-state index in [0.717, 1.165) is 10.6 Å². The number of aliphatic hydroxyl groups is 1. The van der Waals surface area contributed by atoms with Gasteiger partial charge in [-0.05, 0) is 48.2 Å². The van der Waals surface area contributed by atoms with Crippen LogP contribution in [-0.2, 0) is 10.0 Å². The van der Waals surface area contributed by atoms with Gasteiger partial charge in [-0.3, -0.25) is 4.31 Å². The fraction of sp³-hybridized carbons (Fsp3) is 0.333. The minimum atomic E-state index is -3.74. The maximum Gasteiger partial charge on any atom is 0.412 e. The maximum absolute atomic E-state index is 13.4. The highest BCUT2D eigenvalue weighted by molar-refractivity contribution is 7.92. The van der Waals surface area contributed by atoms with E-state index in [1.807, 2.05) is 6.92 Å². The number of anilines is 1. The number of carbonyl (C=O) groups is 1. The number of hydrogen-bond acceptors (Lipinski definition) is 7. The molecule has 0 unspecified atom stereocenters. The molecule has 0 aliphatic carbocycles. The Morgan fingerprint density at radius 2 is 2.03 bits per heavy atom. The van der Waals surface area contributed by atoms with Crippen molar-refractivity contribution in [3.63, 3.8) is 0 Å². The van der Waals surface area contributed by atoms with Gasteiger partial charge in [0, 0.05) is 12.6 Å². The van der Waals surface area contributed by atoms with Gasteiger partial charge in [-0.15, -0.1) is 0 Å². The second-order valence-corrected chi connectivity index (χ2v) is 9.65. The number of sulfonamides is 1. The van der Waals surface area contributed by atoms with Crippen LogP contribution in [0.25, 0.3) is 22.4 Å². The molecule has 0 bridgehead atoms. The first kappa shape index (κ1) is 22.0. The Bertz CT molecular complexity index is 1290. The van der Waals surface area contributed by atoms with Crippen molar-refractivity contribution in [1.82, 2.24) is 10.3 Å². The lowest BCUT2D eigenvalue weighted by atomic mass is 9.96. The van der Waals surface area contributed by atoms with E-state index in [9.17, 15) is 22.7 Å². The minimum Gasteiger partial charge on any atom is -0.434 e. The number of benzene rings is 1. The summed E-state index contributed by atoms with van der Waals surface area (Å²) in [5.74, 6) is -0.311. The lowest BCUT2D eigenvalue weighted by molar-refractivity contribution is 0.169. The molecule has 1 aliphatic heterocycles. The van der Waals surface area contributed by atoms with Gasteiger partial charge in [0.15, 0.2) is 11.5 Å². The van der Waals surface area contributed by atoms with E-state index in [4.69, 9.17) is 9.15 Å². The lowest BCUT2D eigenvalue weighted by Gasteiger charge is -2.22. The third-order valence-electron chi connectivity index (χ3n) is 5.32. The number of amides is 1. The van der Waals surface area contributed by atoms with E-state index >= 15 is 0 Å². The number of fused-ring (bicyclic) bond motifs is 2. The molecule has 32 heavy (non-hydrogen) atoms. The summed E-state index contributed by atoms with van der Waals surface area (Å²) in [6.07, 6.45) is -0.262.